The molecular formula is C15H19ClO2. The molecule has 0 saturated heterocycles. The summed E-state index contributed by atoms with van der Waals surface area (Å²) >= 11 is 6.13. The van der Waals surface area contributed by atoms with Crippen LogP contribution in [0, 0.1) is 12.3 Å². The Morgan fingerprint density at radius 2 is 2.06 bits per heavy atom. The third kappa shape index (κ3) is 2.03. The van der Waals surface area contributed by atoms with E-state index in [1.165, 1.54) is 0 Å². The second-order valence-electron chi connectivity index (χ2n) is 5.03. The Morgan fingerprint density at radius 1 is 1.39 bits per heavy atom. The van der Waals surface area contributed by atoms with Crippen LogP contribution in [-0.4, -0.2) is 11.9 Å². The second-order valence-corrected chi connectivity index (χ2v) is 5.44. The molecule has 0 aliphatic heterocycles. The number of halogens is 1. The first-order chi connectivity index (χ1) is 8.53. The molecule has 18 heavy (non-hydrogen) atoms. The number of aryl methyl sites for hydroxylation is 1. The maximum atomic E-state index is 11.9. The lowest BCUT2D eigenvalue weighted by molar-refractivity contribution is -0.153. The zero-order valence-electron chi connectivity index (χ0n) is 11.1. The van der Waals surface area contributed by atoms with Crippen LogP contribution in [0.25, 0.3) is 0 Å². The minimum atomic E-state index is -0.299. The zero-order valence-corrected chi connectivity index (χ0v) is 11.9. The van der Waals surface area contributed by atoms with Gasteiger partial charge in [0.2, 0.25) is 0 Å². The summed E-state index contributed by atoms with van der Waals surface area (Å²) in [5.41, 5.74) is 0.811. The number of rotatable bonds is 4. The van der Waals surface area contributed by atoms with Crippen LogP contribution in [0.2, 0.25) is 5.02 Å². The number of ether oxygens (including phenoxy) is 1. The summed E-state index contributed by atoms with van der Waals surface area (Å²) in [6, 6.07) is 5.72. The Balaban J connectivity index is 2.20. The molecule has 0 heterocycles. The molecule has 3 heteroatoms. The molecule has 1 fully saturated rings. The van der Waals surface area contributed by atoms with E-state index >= 15 is 0 Å². The van der Waals surface area contributed by atoms with Crippen LogP contribution in [-0.2, 0) is 4.79 Å². The quantitative estimate of drug-likeness (QED) is 0.817. The van der Waals surface area contributed by atoms with Gasteiger partial charge >= 0.3 is 0 Å². The van der Waals surface area contributed by atoms with Gasteiger partial charge in [0, 0.05) is 6.42 Å². The average Bonchev–Trinajstić information content (AvgIpc) is 2.35. The van der Waals surface area contributed by atoms with Gasteiger partial charge in [-0.15, -0.1) is 0 Å². The lowest BCUT2D eigenvalue weighted by Crippen LogP contribution is -2.56. The van der Waals surface area contributed by atoms with Gasteiger partial charge in [-0.3, -0.25) is 4.79 Å². The average molecular weight is 267 g/mol. The van der Waals surface area contributed by atoms with E-state index in [-0.39, 0.29) is 11.5 Å². The van der Waals surface area contributed by atoms with Gasteiger partial charge in [0.1, 0.15) is 17.6 Å². The highest BCUT2D eigenvalue weighted by Crippen LogP contribution is 2.46. The number of ketones is 1. The number of hydrogen-bond acceptors (Lipinski definition) is 2. The van der Waals surface area contributed by atoms with Crippen molar-refractivity contribution < 1.29 is 9.53 Å². The molecule has 0 bridgehead atoms. The topological polar surface area (TPSA) is 26.3 Å². The van der Waals surface area contributed by atoms with E-state index in [9.17, 15) is 4.79 Å². The monoisotopic (exact) mass is 266 g/mol. The second kappa shape index (κ2) is 4.93. The maximum absolute atomic E-state index is 11.9. The zero-order chi connectivity index (χ0) is 13.3. The molecule has 0 amide bonds. The molecule has 0 N–H and O–H groups in total. The predicted molar refractivity (Wildman–Crippen MR) is 73.2 cm³/mol. The van der Waals surface area contributed by atoms with Crippen molar-refractivity contribution in [2.75, 3.05) is 0 Å². The molecule has 1 aliphatic carbocycles. The first kappa shape index (κ1) is 13.4. The van der Waals surface area contributed by atoms with E-state index in [1.54, 1.807) is 0 Å². The van der Waals surface area contributed by atoms with Crippen LogP contribution in [0.5, 0.6) is 5.75 Å². The van der Waals surface area contributed by atoms with Gasteiger partial charge in [-0.25, -0.2) is 0 Å². The summed E-state index contributed by atoms with van der Waals surface area (Å²) in [5.74, 6) is 1.02. The number of Topliss-reactive ketones (excluding diaryl/α,β-unsaturated/α-hetero) is 1. The fourth-order valence-electron chi connectivity index (χ4n) is 2.72. The van der Waals surface area contributed by atoms with E-state index < -0.39 is 0 Å². The summed E-state index contributed by atoms with van der Waals surface area (Å²) in [4.78, 5) is 11.9. The van der Waals surface area contributed by atoms with Crippen LogP contribution in [0.15, 0.2) is 18.2 Å². The number of benzene rings is 1. The van der Waals surface area contributed by atoms with Gasteiger partial charge in [0.05, 0.1) is 10.4 Å². The van der Waals surface area contributed by atoms with Crippen molar-refractivity contribution in [3.8, 4) is 5.75 Å². The van der Waals surface area contributed by atoms with Crippen molar-refractivity contribution in [1.29, 1.82) is 0 Å². The maximum Gasteiger partial charge on any atom is 0.146 e. The molecular weight excluding hydrogens is 248 g/mol. The molecule has 1 saturated carbocycles. The highest BCUT2D eigenvalue weighted by Gasteiger charge is 2.53. The van der Waals surface area contributed by atoms with Crippen molar-refractivity contribution in [2.24, 2.45) is 5.41 Å². The number of carbonyl (C=O) groups excluding carboxylic acids is 1. The number of carbonyl (C=O) groups is 1. The van der Waals surface area contributed by atoms with Crippen LogP contribution in [0.4, 0.5) is 0 Å². The summed E-state index contributed by atoms with van der Waals surface area (Å²) in [6.07, 6.45) is 2.14. The first-order valence-electron chi connectivity index (χ1n) is 6.49. The van der Waals surface area contributed by atoms with Crippen molar-refractivity contribution in [3.05, 3.63) is 28.8 Å². The normalized spacial score (nSPS) is 21.6. The fourth-order valence-corrected chi connectivity index (χ4v) is 2.89. The van der Waals surface area contributed by atoms with Gasteiger partial charge in [-0.1, -0.05) is 31.5 Å². The molecule has 2 nitrogen and oxygen atoms in total. The molecule has 0 spiro atoms. The van der Waals surface area contributed by atoms with Gasteiger partial charge in [0.25, 0.3) is 0 Å². The molecule has 1 aromatic carbocycles. The Labute approximate surface area is 113 Å². The Kier molecular flexibility index (Phi) is 3.67. The smallest absolute Gasteiger partial charge is 0.146 e. The Morgan fingerprint density at radius 3 is 2.61 bits per heavy atom. The van der Waals surface area contributed by atoms with Gasteiger partial charge in [-0.2, -0.15) is 0 Å². The van der Waals surface area contributed by atoms with Crippen LogP contribution in [0.3, 0.4) is 0 Å². The first-order valence-corrected chi connectivity index (χ1v) is 6.87. The summed E-state index contributed by atoms with van der Waals surface area (Å²) in [6.45, 7) is 6.10. The summed E-state index contributed by atoms with van der Waals surface area (Å²) in [5, 5.41) is 0.612. The number of hydrogen-bond donors (Lipinski definition) is 0. The van der Waals surface area contributed by atoms with Crippen LogP contribution in [0.1, 0.15) is 38.7 Å². The van der Waals surface area contributed by atoms with Crippen molar-refractivity contribution >= 4 is 17.4 Å². The van der Waals surface area contributed by atoms with Crippen molar-refractivity contribution in [2.45, 2.75) is 46.1 Å². The highest BCUT2D eigenvalue weighted by atomic mass is 35.5. The van der Waals surface area contributed by atoms with Crippen LogP contribution < -0.4 is 4.74 Å². The molecule has 1 aromatic rings. The van der Waals surface area contributed by atoms with E-state index in [0.717, 1.165) is 18.4 Å². The Bertz CT molecular complexity index is 464. The molecule has 1 aliphatic rings. The fraction of sp³-hybridized carbons (Fsp3) is 0.533. The minimum Gasteiger partial charge on any atom is -0.487 e. The lowest BCUT2D eigenvalue weighted by atomic mass is 9.61. The molecule has 2 rings (SSSR count). The third-order valence-corrected chi connectivity index (χ3v) is 4.47. The standard InChI is InChI=1S/C15H19ClO2/c1-4-15(5-2)13(17)9-14(15)18-12-8-10(3)6-7-11(12)16/h6-8,14H,4-5,9H2,1-3H3. The summed E-state index contributed by atoms with van der Waals surface area (Å²) < 4.78 is 5.98. The van der Waals surface area contributed by atoms with Crippen LogP contribution >= 0.6 is 11.6 Å². The molecule has 1 atom stereocenters. The van der Waals surface area contributed by atoms with E-state index in [0.29, 0.717) is 23.0 Å². The SMILES string of the molecule is CCC1(CC)C(=O)CC1Oc1cc(C)ccc1Cl. The summed E-state index contributed by atoms with van der Waals surface area (Å²) in [7, 11) is 0. The van der Waals surface area contributed by atoms with E-state index in [1.807, 2.05) is 25.1 Å². The van der Waals surface area contributed by atoms with Crippen molar-refractivity contribution in [1.82, 2.24) is 0 Å². The van der Waals surface area contributed by atoms with Gasteiger partial charge in [0.15, 0.2) is 0 Å². The van der Waals surface area contributed by atoms with E-state index in [2.05, 4.69) is 13.8 Å². The Hall–Kier alpha value is -1.02. The van der Waals surface area contributed by atoms with Gasteiger partial charge < -0.3 is 4.74 Å². The molecule has 98 valence electrons. The highest BCUT2D eigenvalue weighted by molar-refractivity contribution is 6.32. The molecule has 1 unspecified atom stereocenters. The predicted octanol–water partition coefficient (Wildman–Crippen LogP) is 4.18. The minimum absolute atomic E-state index is 0.0284. The lowest BCUT2D eigenvalue weighted by Gasteiger charge is -2.46. The van der Waals surface area contributed by atoms with Crippen molar-refractivity contribution in [3.63, 3.8) is 0 Å². The molecule has 0 radical (unpaired) electrons. The molecule has 0 aromatic heterocycles. The third-order valence-electron chi connectivity index (χ3n) is 4.16. The van der Waals surface area contributed by atoms with E-state index in [4.69, 9.17) is 16.3 Å². The largest absolute Gasteiger partial charge is 0.487 e. The van der Waals surface area contributed by atoms with Gasteiger partial charge in [-0.05, 0) is 37.5 Å².